The predicted molar refractivity (Wildman–Crippen MR) is 90.2 cm³/mol. The van der Waals surface area contributed by atoms with Crippen molar-refractivity contribution in [2.45, 2.75) is 32.2 Å². The Morgan fingerprint density at radius 3 is 2.40 bits per heavy atom. The van der Waals surface area contributed by atoms with Crippen molar-refractivity contribution in [3.8, 4) is 0 Å². The smallest absolute Gasteiger partial charge is 0.0377 e. The van der Waals surface area contributed by atoms with Gasteiger partial charge in [-0.1, -0.05) is 36.2 Å². The molecule has 1 atom stereocenters. The molecule has 0 amide bonds. The molecule has 2 aliphatic rings. The van der Waals surface area contributed by atoms with Crippen molar-refractivity contribution in [1.82, 2.24) is 10.2 Å². The number of rotatable bonds is 3. The molecule has 2 nitrogen and oxygen atoms in total. The normalized spacial score (nSPS) is 21.2. The Balaban J connectivity index is 0.000001000. The van der Waals surface area contributed by atoms with Gasteiger partial charge in [0.25, 0.3) is 0 Å². The monoisotopic (exact) mass is 316 g/mol. The van der Waals surface area contributed by atoms with Crippen LogP contribution in [0, 0.1) is 12.8 Å². The fourth-order valence-electron chi connectivity index (χ4n) is 3.35. The van der Waals surface area contributed by atoms with Gasteiger partial charge >= 0.3 is 0 Å². The Hall–Kier alpha value is -0.280. The lowest BCUT2D eigenvalue weighted by atomic mass is 9.76. The average molecular weight is 317 g/mol. The van der Waals surface area contributed by atoms with Crippen LogP contribution in [0.3, 0.4) is 0 Å². The maximum atomic E-state index is 3.47. The lowest BCUT2D eigenvalue weighted by Crippen LogP contribution is -2.47. The zero-order valence-corrected chi connectivity index (χ0v) is 13.8. The maximum absolute atomic E-state index is 3.47. The van der Waals surface area contributed by atoms with E-state index in [0.717, 1.165) is 19.0 Å². The molecule has 1 saturated heterocycles. The number of nitrogens with one attached hydrogen (secondary N) is 1. The molecule has 0 aromatic heterocycles. The highest BCUT2D eigenvalue weighted by atomic mass is 35.5. The quantitative estimate of drug-likeness (QED) is 0.916. The molecule has 114 valence electrons. The van der Waals surface area contributed by atoms with Gasteiger partial charge in [0, 0.05) is 32.2 Å². The molecule has 1 aliphatic heterocycles. The van der Waals surface area contributed by atoms with Gasteiger partial charge in [0.15, 0.2) is 0 Å². The molecule has 0 radical (unpaired) electrons. The van der Waals surface area contributed by atoms with E-state index in [1.807, 2.05) is 0 Å². The topological polar surface area (TPSA) is 15.3 Å². The Bertz CT molecular complexity index is 401. The van der Waals surface area contributed by atoms with E-state index in [-0.39, 0.29) is 24.8 Å². The van der Waals surface area contributed by atoms with E-state index in [9.17, 15) is 0 Å². The Morgan fingerprint density at radius 1 is 1.15 bits per heavy atom. The summed E-state index contributed by atoms with van der Waals surface area (Å²) < 4.78 is 0. The number of nitrogens with zero attached hydrogens (tertiary/aromatic N) is 1. The first-order valence-electron chi connectivity index (χ1n) is 7.36. The van der Waals surface area contributed by atoms with Gasteiger partial charge in [0.1, 0.15) is 0 Å². The zero-order valence-electron chi connectivity index (χ0n) is 12.2. The van der Waals surface area contributed by atoms with Crippen LogP contribution in [0.4, 0.5) is 0 Å². The minimum atomic E-state index is 0. The van der Waals surface area contributed by atoms with Crippen LogP contribution in [0.1, 0.15) is 36.4 Å². The summed E-state index contributed by atoms with van der Waals surface area (Å²) >= 11 is 0. The molecule has 1 N–H and O–H groups in total. The molecule has 1 aromatic rings. The lowest BCUT2D eigenvalue weighted by molar-refractivity contribution is 0.0837. The summed E-state index contributed by atoms with van der Waals surface area (Å²) in [4.78, 5) is 2.70. The number of halogens is 2. The summed E-state index contributed by atoms with van der Waals surface area (Å²) in [5.74, 6) is 0.893. The summed E-state index contributed by atoms with van der Waals surface area (Å²) in [6.45, 7) is 6.91. The van der Waals surface area contributed by atoms with Crippen LogP contribution < -0.4 is 5.32 Å². The lowest BCUT2D eigenvalue weighted by Gasteiger charge is -2.43. The third kappa shape index (κ3) is 3.88. The van der Waals surface area contributed by atoms with Crippen LogP contribution in [0.15, 0.2) is 24.3 Å². The summed E-state index contributed by atoms with van der Waals surface area (Å²) in [5.41, 5.74) is 2.94. The second-order valence-electron chi connectivity index (χ2n) is 5.84. The molecular formula is C16H26Cl2N2. The zero-order chi connectivity index (χ0) is 12.4. The van der Waals surface area contributed by atoms with E-state index >= 15 is 0 Å². The van der Waals surface area contributed by atoms with E-state index in [2.05, 4.69) is 41.4 Å². The van der Waals surface area contributed by atoms with E-state index in [1.54, 1.807) is 5.56 Å². The first-order valence-corrected chi connectivity index (χ1v) is 7.36. The molecule has 20 heavy (non-hydrogen) atoms. The number of hydrogen-bond donors (Lipinski definition) is 1. The highest BCUT2D eigenvalue weighted by molar-refractivity contribution is 5.85. The molecule has 0 spiro atoms. The average Bonchev–Trinajstić information content (AvgIpc) is 2.34. The molecule has 4 heteroatoms. The van der Waals surface area contributed by atoms with Gasteiger partial charge < -0.3 is 5.32 Å². The molecule has 0 unspecified atom stereocenters. The minimum absolute atomic E-state index is 0. The molecule has 0 bridgehead atoms. The van der Waals surface area contributed by atoms with Crippen molar-refractivity contribution >= 4 is 24.8 Å². The summed E-state index contributed by atoms with van der Waals surface area (Å²) in [5, 5.41) is 3.47. The summed E-state index contributed by atoms with van der Waals surface area (Å²) in [7, 11) is 0. The van der Waals surface area contributed by atoms with E-state index in [4.69, 9.17) is 0 Å². The third-order valence-corrected chi connectivity index (χ3v) is 4.52. The Kier molecular flexibility index (Phi) is 7.32. The van der Waals surface area contributed by atoms with Crippen molar-refractivity contribution in [1.29, 1.82) is 0 Å². The highest BCUT2D eigenvalue weighted by Gasteiger charge is 2.33. The van der Waals surface area contributed by atoms with Gasteiger partial charge in [-0.05, 0) is 31.2 Å². The molecule has 1 saturated carbocycles. The predicted octanol–water partition coefficient (Wildman–Crippen LogP) is 3.59. The largest absolute Gasteiger partial charge is 0.314 e. The van der Waals surface area contributed by atoms with Gasteiger partial charge in [0.2, 0.25) is 0 Å². The maximum Gasteiger partial charge on any atom is 0.0377 e. The minimum Gasteiger partial charge on any atom is -0.314 e. The van der Waals surface area contributed by atoms with Gasteiger partial charge in [0.05, 0.1) is 0 Å². The van der Waals surface area contributed by atoms with Crippen molar-refractivity contribution in [3.05, 3.63) is 35.4 Å². The van der Waals surface area contributed by atoms with Gasteiger partial charge in [-0.15, -0.1) is 24.8 Å². The number of hydrogen-bond acceptors (Lipinski definition) is 2. The van der Waals surface area contributed by atoms with Crippen molar-refractivity contribution < 1.29 is 0 Å². The van der Waals surface area contributed by atoms with Crippen molar-refractivity contribution in [2.24, 2.45) is 5.92 Å². The number of piperazine rings is 1. The van der Waals surface area contributed by atoms with Gasteiger partial charge in [-0.3, -0.25) is 4.90 Å². The number of aryl methyl sites for hydroxylation is 1. The third-order valence-electron chi connectivity index (χ3n) is 4.52. The SMILES string of the molecule is Cc1cccc([C@@H](C2CCC2)N2CCNCC2)c1.Cl.Cl. The van der Waals surface area contributed by atoms with Crippen LogP contribution >= 0.6 is 24.8 Å². The van der Waals surface area contributed by atoms with Crippen LogP contribution in [0.2, 0.25) is 0 Å². The highest BCUT2D eigenvalue weighted by Crippen LogP contribution is 2.41. The second kappa shape index (κ2) is 8.23. The Morgan fingerprint density at radius 2 is 1.85 bits per heavy atom. The van der Waals surface area contributed by atoms with Gasteiger partial charge in [-0.25, -0.2) is 0 Å². The Labute approximate surface area is 135 Å². The summed E-state index contributed by atoms with van der Waals surface area (Å²) in [6.07, 6.45) is 4.27. The van der Waals surface area contributed by atoms with Crippen molar-refractivity contribution in [3.63, 3.8) is 0 Å². The van der Waals surface area contributed by atoms with Crippen LogP contribution in [0.5, 0.6) is 0 Å². The second-order valence-corrected chi connectivity index (χ2v) is 5.84. The molecule has 1 aliphatic carbocycles. The first kappa shape index (κ1) is 17.8. The van der Waals surface area contributed by atoms with E-state index in [0.29, 0.717) is 6.04 Å². The number of benzene rings is 1. The first-order chi connectivity index (χ1) is 8.84. The summed E-state index contributed by atoms with van der Waals surface area (Å²) in [6, 6.07) is 9.82. The standard InChI is InChI=1S/C16H24N2.2ClH/c1-13-4-2-7-15(12-13)16(14-5-3-6-14)18-10-8-17-9-11-18;;/h2,4,7,12,14,16-17H,3,5-6,8-11H2,1H3;2*1H/t16-;;/m1../s1. The van der Waals surface area contributed by atoms with Crippen LogP contribution in [0.25, 0.3) is 0 Å². The fourth-order valence-corrected chi connectivity index (χ4v) is 3.35. The van der Waals surface area contributed by atoms with E-state index in [1.165, 1.54) is 37.9 Å². The van der Waals surface area contributed by atoms with Crippen LogP contribution in [-0.4, -0.2) is 31.1 Å². The molecule has 1 aromatic carbocycles. The fraction of sp³-hybridized carbons (Fsp3) is 0.625. The van der Waals surface area contributed by atoms with Crippen molar-refractivity contribution in [2.75, 3.05) is 26.2 Å². The molecule has 3 rings (SSSR count). The molecule has 2 fully saturated rings. The molecular weight excluding hydrogens is 291 g/mol. The van der Waals surface area contributed by atoms with Gasteiger partial charge in [-0.2, -0.15) is 0 Å². The molecule has 1 heterocycles. The van der Waals surface area contributed by atoms with E-state index < -0.39 is 0 Å². The van der Waals surface area contributed by atoms with Crippen LogP contribution in [-0.2, 0) is 0 Å².